The van der Waals surface area contributed by atoms with Crippen LogP contribution in [-0.2, 0) is 12.0 Å². The Morgan fingerprint density at radius 1 is 1.06 bits per heavy atom. The third kappa shape index (κ3) is 4.65. The first-order valence-corrected chi connectivity index (χ1v) is 6.56. The Bertz CT molecular complexity index is 397. The summed E-state index contributed by atoms with van der Waals surface area (Å²) in [6, 6.07) is 4.30. The molecule has 0 aliphatic heterocycles. The predicted octanol–water partition coefficient (Wildman–Crippen LogP) is 3.31. The molecule has 0 spiro atoms. The van der Waals surface area contributed by atoms with Crippen molar-refractivity contribution in [3.63, 3.8) is 0 Å². The average molecular weight is 249 g/mol. The van der Waals surface area contributed by atoms with Crippen LogP contribution in [0.1, 0.15) is 52.8 Å². The van der Waals surface area contributed by atoms with Crippen LogP contribution in [0.15, 0.2) is 12.1 Å². The molecule has 0 aromatic carbocycles. The van der Waals surface area contributed by atoms with E-state index in [-0.39, 0.29) is 11.0 Å². The average Bonchev–Trinajstić information content (AvgIpc) is 2.24. The Morgan fingerprint density at radius 3 is 2.11 bits per heavy atom. The van der Waals surface area contributed by atoms with Gasteiger partial charge in [-0.3, -0.25) is 0 Å². The second-order valence-corrected chi connectivity index (χ2v) is 6.85. The van der Waals surface area contributed by atoms with E-state index in [1.807, 2.05) is 7.05 Å². The largest absolute Gasteiger partial charge is 0.373 e. The maximum absolute atomic E-state index is 4.63. The lowest BCUT2D eigenvalue weighted by Crippen LogP contribution is -2.35. The maximum atomic E-state index is 4.63. The topological polar surface area (TPSA) is 37.0 Å². The van der Waals surface area contributed by atoms with E-state index < -0.39 is 0 Å². The number of rotatable bonds is 3. The minimum atomic E-state index is 0.0728. The molecular weight excluding hydrogens is 222 g/mol. The van der Waals surface area contributed by atoms with Gasteiger partial charge in [-0.25, -0.2) is 4.98 Å². The molecule has 18 heavy (non-hydrogen) atoms. The SMILES string of the molecule is CNc1cc(CNC(C)(C)C)cc(C(C)(C)C)n1. The van der Waals surface area contributed by atoms with Crippen LogP contribution in [0.2, 0.25) is 0 Å². The van der Waals surface area contributed by atoms with E-state index in [1.165, 1.54) is 5.56 Å². The number of nitrogens with zero attached hydrogens (tertiary/aromatic N) is 1. The van der Waals surface area contributed by atoms with Crippen LogP contribution in [0.3, 0.4) is 0 Å². The minimum Gasteiger partial charge on any atom is -0.373 e. The minimum absolute atomic E-state index is 0.0728. The summed E-state index contributed by atoms with van der Waals surface area (Å²) in [4.78, 5) is 4.63. The number of anilines is 1. The van der Waals surface area contributed by atoms with Crippen LogP contribution in [-0.4, -0.2) is 17.6 Å². The van der Waals surface area contributed by atoms with E-state index in [4.69, 9.17) is 0 Å². The van der Waals surface area contributed by atoms with Crippen molar-refractivity contribution in [3.05, 3.63) is 23.4 Å². The quantitative estimate of drug-likeness (QED) is 0.863. The first-order chi connectivity index (χ1) is 8.12. The summed E-state index contributed by atoms with van der Waals surface area (Å²) in [5, 5.41) is 6.65. The molecule has 1 aromatic rings. The summed E-state index contributed by atoms with van der Waals surface area (Å²) in [7, 11) is 1.91. The third-order valence-electron chi connectivity index (χ3n) is 2.73. The first kappa shape index (κ1) is 15.0. The van der Waals surface area contributed by atoms with Crippen molar-refractivity contribution in [1.82, 2.24) is 10.3 Å². The van der Waals surface area contributed by atoms with Crippen molar-refractivity contribution in [2.24, 2.45) is 0 Å². The summed E-state index contributed by atoms with van der Waals surface area (Å²) in [5.41, 5.74) is 2.60. The Kier molecular flexibility index (Phi) is 4.38. The zero-order chi connectivity index (χ0) is 14.0. The molecule has 1 aromatic heterocycles. The van der Waals surface area contributed by atoms with Gasteiger partial charge in [0.05, 0.1) is 0 Å². The Labute approximate surface area is 111 Å². The molecule has 0 radical (unpaired) electrons. The molecule has 3 nitrogen and oxygen atoms in total. The highest BCUT2D eigenvalue weighted by molar-refractivity contribution is 5.40. The van der Waals surface area contributed by atoms with Gasteiger partial charge >= 0.3 is 0 Å². The molecule has 1 heterocycles. The van der Waals surface area contributed by atoms with Crippen molar-refractivity contribution in [2.45, 2.75) is 59.0 Å². The van der Waals surface area contributed by atoms with Gasteiger partial charge in [0.25, 0.3) is 0 Å². The number of hydrogen-bond donors (Lipinski definition) is 2. The van der Waals surface area contributed by atoms with Crippen LogP contribution in [0.25, 0.3) is 0 Å². The fourth-order valence-electron chi connectivity index (χ4n) is 1.57. The maximum Gasteiger partial charge on any atom is 0.126 e. The van der Waals surface area contributed by atoms with Crippen molar-refractivity contribution in [3.8, 4) is 0 Å². The molecule has 0 atom stereocenters. The van der Waals surface area contributed by atoms with Gasteiger partial charge in [0.2, 0.25) is 0 Å². The lowest BCUT2D eigenvalue weighted by molar-refractivity contribution is 0.424. The second kappa shape index (κ2) is 5.27. The van der Waals surface area contributed by atoms with Gasteiger partial charge in [0.1, 0.15) is 5.82 Å². The fraction of sp³-hybridized carbons (Fsp3) is 0.667. The molecule has 0 amide bonds. The molecule has 1 rings (SSSR count). The Morgan fingerprint density at radius 2 is 1.67 bits per heavy atom. The molecule has 0 bridgehead atoms. The lowest BCUT2D eigenvalue weighted by atomic mass is 9.90. The first-order valence-electron chi connectivity index (χ1n) is 6.56. The van der Waals surface area contributed by atoms with Crippen molar-refractivity contribution >= 4 is 5.82 Å². The molecule has 2 N–H and O–H groups in total. The van der Waals surface area contributed by atoms with Crippen molar-refractivity contribution in [2.75, 3.05) is 12.4 Å². The van der Waals surface area contributed by atoms with Crippen LogP contribution in [0, 0.1) is 0 Å². The highest BCUT2D eigenvalue weighted by Gasteiger charge is 2.17. The van der Waals surface area contributed by atoms with Gasteiger partial charge in [-0.2, -0.15) is 0 Å². The van der Waals surface area contributed by atoms with E-state index >= 15 is 0 Å². The molecule has 0 saturated carbocycles. The van der Waals surface area contributed by atoms with Crippen LogP contribution in [0.5, 0.6) is 0 Å². The molecule has 102 valence electrons. The number of pyridine rings is 1. The van der Waals surface area contributed by atoms with Crippen LogP contribution >= 0.6 is 0 Å². The van der Waals surface area contributed by atoms with E-state index in [0.29, 0.717) is 0 Å². The van der Waals surface area contributed by atoms with Gasteiger partial charge < -0.3 is 10.6 Å². The summed E-state index contributed by atoms with van der Waals surface area (Å²) in [5.74, 6) is 0.938. The van der Waals surface area contributed by atoms with E-state index in [1.54, 1.807) is 0 Å². The van der Waals surface area contributed by atoms with E-state index in [0.717, 1.165) is 18.1 Å². The fourth-order valence-corrected chi connectivity index (χ4v) is 1.57. The normalized spacial score (nSPS) is 12.6. The number of nitrogens with one attached hydrogen (secondary N) is 2. The summed E-state index contributed by atoms with van der Waals surface area (Å²) < 4.78 is 0. The smallest absolute Gasteiger partial charge is 0.126 e. The van der Waals surface area contributed by atoms with Gasteiger partial charge in [-0.05, 0) is 38.5 Å². The number of hydrogen-bond acceptors (Lipinski definition) is 3. The van der Waals surface area contributed by atoms with Gasteiger partial charge in [0.15, 0.2) is 0 Å². The van der Waals surface area contributed by atoms with Gasteiger partial charge in [-0.1, -0.05) is 20.8 Å². The predicted molar refractivity (Wildman–Crippen MR) is 79.1 cm³/mol. The van der Waals surface area contributed by atoms with Gasteiger partial charge in [0, 0.05) is 30.2 Å². The second-order valence-electron chi connectivity index (χ2n) is 6.85. The van der Waals surface area contributed by atoms with Crippen molar-refractivity contribution < 1.29 is 0 Å². The summed E-state index contributed by atoms with van der Waals surface area (Å²) in [6.07, 6.45) is 0. The van der Waals surface area contributed by atoms with E-state index in [2.05, 4.69) is 69.3 Å². The standard InChI is InChI=1S/C15H27N3/c1-14(2,3)12-8-11(9-13(16-7)18-12)10-17-15(4,5)6/h8-9,17H,10H2,1-7H3,(H,16,18). The zero-order valence-electron chi connectivity index (χ0n) is 12.8. The highest BCUT2D eigenvalue weighted by Crippen LogP contribution is 2.23. The molecular formula is C15H27N3. The monoisotopic (exact) mass is 249 g/mol. The molecule has 0 fully saturated rings. The van der Waals surface area contributed by atoms with Crippen molar-refractivity contribution in [1.29, 1.82) is 0 Å². The zero-order valence-corrected chi connectivity index (χ0v) is 12.8. The molecule has 0 unspecified atom stereocenters. The number of aromatic nitrogens is 1. The summed E-state index contributed by atoms with van der Waals surface area (Å²) in [6.45, 7) is 14.0. The highest BCUT2D eigenvalue weighted by atomic mass is 15.0. The van der Waals surface area contributed by atoms with Crippen LogP contribution in [0.4, 0.5) is 5.82 Å². The molecule has 0 aliphatic carbocycles. The Balaban J connectivity index is 2.98. The third-order valence-corrected chi connectivity index (χ3v) is 2.73. The summed E-state index contributed by atoms with van der Waals surface area (Å²) >= 11 is 0. The lowest BCUT2D eigenvalue weighted by Gasteiger charge is -2.23. The van der Waals surface area contributed by atoms with Gasteiger partial charge in [-0.15, -0.1) is 0 Å². The van der Waals surface area contributed by atoms with E-state index in [9.17, 15) is 0 Å². The molecule has 3 heteroatoms. The molecule has 0 aliphatic rings. The Hall–Kier alpha value is -1.09. The van der Waals surface area contributed by atoms with Crippen LogP contribution < -0.4 is 10.6 Å². The molecule has 0 saturated heterocycles.